The topological polar surface area (TPSA) is 117 Å². The Morgan fingerprint density at radius 2 is 1.41 bits per heavy atom. The number of benzene rings is 1. The Hall–Kier alpha value is -3.31. The number of carbonyl (C=O) groups is 1. The highest BCUT2D eigenvalue weighted by atomic mass is 16.5. The molecule has 2 saturated heterocycles. The van der Waals surface area contributed by atoms with Crippen molar-refractivity contribution < 1.29 is 14.3 Å². The van der Waals surface area contributed by atoms with Crippen LogP contribution >= 0.6 is 0 Å². The number of hydrogen-bond acceptors (Lipinski definition) is 10. The minimum Gasteiger partial charge on any atom is -0.378 e. The second kappa shape index (κ2) is 10.3. The maximum Gasteiger partial charge on any atom is 0.250 e. The fourth-order valence-electron chi connectivity index (χ4n) is 3.41. The SMILES string of the molecule is CC(=O)Nc1ccc(/C(C)=N\Nc2nc(N3CCOCC3)nc(N3CCOCC3)n2)cc1. The number of hydrogen-bond donors (Lipinski definition) is 2. The molecule has 2 aliphatic rings. The van der Waals surface area contributed by atoms with Gasteiger partial charge in [0.2, 0.25) is 23.8 Å². The summed E-state index contributed by atoms with van der Waals surface area (Å²) >= 11 is 0. The van der Waals surface area contributed by atoms with Crippen molar-refractivity contribution in [1.29, 1.82) is 0 Å². The summed E-state index contributed by atoms with van der Waals surface area (Å²) in [7, 11) is 0. The number of morpholine rings is 2. The number of carbonyl (C=O) groups excluding carboxylic acids is 1. The average Bonchev–Trinajstić information content (AvgIpc) is 2.83. The standard InChI is InChI=1S/C21H28N8O3/c1-15(17-3-5-18(6-4-17)22-16(2)30)26-27-19-23-20(28-7-11-31-12-8-28)25-21(24-19)29-9-13-32-14-10-29/h3-6H,7-14H2,1-2H3,(H,22,30)(H,23,24,25,27)/b26-15-. The summed E-state index contributed by atoms with van der Waals surface area (Å²) in [6.45, 7) is 8.89. The Bertz CT molecular complexity index is 918. The fraction of sp³-hybridized carbons (Fsp3) is 0.476. The highest BCUT2D eigenvalue weighted by molar-refractivity contribution is 5.99. The number of nitrogens with zero attached hydrogens (tertiary/aromatic N) is 6. The van der Waals surface area contributed by atoms with Gasteiger partial charge in [-0.25, -0.2) is 5.43 Å². The molecule has 0 unspecified atom stereocenters. The van der Waals surface area contributed by atoms with Crippen LogP contribution < -0.4 is 20.5 Å². The molecule has 1 aromatic heterocycles. The van der Waals surface area contributed by atoms with Crippen molar-refractivity contribution in [2.45, 2.75) is 13.8 Å². The molecule has 1 amide bonds. The van der Waals surface area contributed by atoms with E-state index >= 15 is 0 Å². The largest absolute Gasteiger partial charge is 0.378 e. The first-order valence-electron chi connectivity index (χ1n) is 10.7. The lowest BCUT2D eigenvalue weighted by atomic mass is 10.1. The maximum absolute atomic E-state index is 11.2. The number of amides is 1. The smallest absolute Gasteiger partial charge is 0.250 e. The molecule has 170 valence electrons. The molecule has 2 N–H and O–H groups in total. The van der Waals surface area contributed by atoms with Crippen LogP contribution in [0, 0.1) is 0 Å². The van der Waals surface area contributed by atoms with E-state index in [0.29, 0.717) is 44.3 Å². The van der Waals surface area contributed by atoms with Crippen molar-refractivity contribution in [3.05, 3.63) is 29.8 Å². The van der Waals surface area contributed by atoms with Gasteiger partial charge in [0, 0.05) is 38.8 Å². The molecule has 32 heavy (non-hydrogen) atoms. The minimum atomic E-state index is -0.105. The second-order valence-corrected chi connectivity index (χ2v) is 7.53. The van der Waals surface area contributed by atoms with Crippen LogP contribution in [0.4, 0.5) is 23.5 Å². The lowest BCUT2D eigenvalue weighted by Crippen LogP contribution is -2.40. The van der Waals surface area contributed by atoms with E-state index in [4.69, 9.17) is 14.5 Å². The summed E-state index contributed by atoms with van der Waals surface area (Å²) in [5.41, 5.74) is 5.41. The van der Waals surface area contributed by atoms with Gasteiger partial charge < -0.3 is 24.6 Å². The van der Waals surface area contributed by atoms with Gasteiger partial charge in [-0.2, -0.15) is 20.1 Å². The Morgan fingerprint density at radius 1 is 0.875 bits per heavy atom. The summed E-state index contributed by atoms with van der Waals surface area (Å²) in [4.78, 5) is 29.3. The van der Waals surface area contributed by atoms with Gasteiger partial charge in [-0.1, -0.05) is 12.1 Å². The van der Waals surface area contributed by atoms with Crippen molar-refractivity contribution in [3.8, 4) is 0 Å². The van der Waals surface area contributed by atoms with Crippen molar-refractivity contribution in [2.75, 3.05) is 73.1 Å². The van der Waals surface area contributed by atoms with E-state index in [0.717, 1.165) is 43.1 Å². The zero-order valence-electron chi connectivity index (χ0n) is 18.4. The first-order valence-corrected chi connectivity index (χ1v) is 10.7. The normalized spacial score (nSPS) is 17.2. The van der Waals surface area contributed by atoms with Crippen molar-refractivity contribution in [1.82, 2.24) is 15.0 Å². The number of aromatic nitrogens is 3. The molecular weight excluding hydrogens is 412 g/mol. The summed E-state index contributed by atoms with van der Waals surface area (Å²) in [6, 6.07) is 7.48. The average molecular weight is 441 g/mol. The monoisotopic (exact) mass is 440 g/mol. The number of rotatable bonds is 6. The molecule has 0 bridgehead atoms. The highest BCUT2D eigenvalue weighted by Crippen LogP contribution is 2.19. The van der Waals surface area contributed by atoms with Crippen LogP contribution in [0.25, 0.3) is 0 Å². The Balaban J connectivity index is 1.53. The van der Waals surface area contributed by atoms with Crippen LogP contribution in [0.15, 0.2) is 29.4 Å². The van der Waals surface area contributed by atoms with Crippen LogP contribution in [-0.4, -0.2) is 79.2 Å². The maximum atomic E-state index is 11.2. The summed E-state index contributed by atoms with van der Waals surface area (Å²) in [6.07, 6.45) is 0. The Labute approximate surface area is 186 Å². The zero-order valence-corrected chi connectivity index (χ0v) is 18.4. The Kier molecular flexibility index (Phi) is 7.07. The van der Waals surface area contributed by atoms with Gasteiger partial charge in [0.1, 0.15) is 0 Å². The van der Waals surface area contributed by atoms with Crippen LogP contribution in [0.2, 0.25) is 0 Å². The molecule has 4 rings (SSSR count). The summed E-state index contributed by atoms with van der Waals surface area (Å²) < 4.78 is 10.9. The molecule has 2 aliphatic heterocycles. The van der Waals surface area contributed by atoms with E-state index in [9.17, 15) is 4.79 Å². The van der Waals surface area contributed by atoms with E-state index in [-0.39, 0.29) is 5.91 Å². The van der Waals surface area contributed by atoms with Crippen molar-refractivity contribution in [3.63, 3.8) is 0 Å². The summed E-state index contributed by atoms with van der Waals surface area (Å²) in [5.74, 6) is 1.50. The van der Waals surface area contributed by atoms with Crippen molar-refractivity contribution >= 4 is 35.2 Å². The van der Waals surface area contributed by atoms with Gasteiger partial charge in [-0.15, -0.1) is 0 Å². The van der Waals surface area contributed by atoms with Crippen LogP contribution in [0.3, 0.4) is 0 Å². The van der Waals surface area contributed by atoms with E-state index < -0.39 is 0 Å². The molecule has 1 aromatic carbocycles. The molecule has 0 aliphatic carbocycles. The van der Waals surface area contributed by atoms with E-state index in [1.807, 2.05) is 31.2 Å². The van der Waals surface area contributed by atoms with Crippen LogP contribution in [0.1, 0.15) is 19.4 Å². The third-order valence-corrected chi connectivity index (χ3v) is 5.15. The van der Waals surface area contributed by atoms with E-state index in [1.165, 1.54) is 6.92 Å². The lowest BCUT2D eigenvalue weighted by molar-refractivity contribution is -0.114. The van der Waals surface area contributed by atoms with Crippen LogP contribution in [-0.2, 0) is 14.3 Å². The molecule has 2 fully saturated rings. The number of nitrogens with one attached hydrogen (secondary N) is 2. The predicted octanol–water partition coefficient (Wildman–Crippen LogP) is 1.34. The quantitative estimate of drug-likeness (QED) is 0.507. The molecule has 2 aromatic rings. The first kappa shape index (κ1) is 21.9. The van der Waals surface area contributed by atoms with Gasteiger partial charge in [0.15, 0.2) is 0 Å². The number of anilines is 4. The third-order valence-electron chi connectivity index (χ3n) is 5.15. The molecule has 0 spiro atoms. The number of hydrazone groups is 1. The lowest BCUT2D eigenvalue weighted by Gasteiger charge is -2.30. The highest BCUT2D eigenvalue weighted by Gasteiger charge is 2.20. The van der Waals surface area contributed by atoms with Gasteiger partial charge in [0.05, 0.1) is 32.1 Å². The molecule has 3 heterocycles. The van der Waals surface area contributed by atoms with Gasteiger partial charge in [0.25, 0.3) is 0 Å². The van der Waals surface area contributed by atoms with Gasteiger partial charge in [-0.05, 0) is 24.6 Å². The third kappa shape index (κ3) is 5.68. The summed E-state index contributed by atoms with van der Waals surface area (Å²) in [5, 5.41) is 7.22. The predicted molar refractivity (Wildman–Crippen MR) is 122 cm³/mol. The van der Waals surface area contributed by atoms with E-state index in [2.05, 4.69) is 35.6 Å². The second-order valence-electron chi connectivity index (χ2n) is 7.53. The van der Waals surface area contributed by atoms with Crippen LogP contribution in [0.5, 0.6) is 0 Å². The molecule has 0 atom stereocenters. The molecule has 0 radical (unpaired) electrons. The van der Waals surface area contributed by atoms with Gasteiger partial charge in [-0.3, -0.25) is 4.79 Å². The molecule has 11 heteroatoms. The Morgan fingerprint density at radius 3 is 1.91 bits per heavy atom. The minimum absolute atomic E-state index is 0.105. The number of ether oxygens (including phenoxy) is 2. The molecule has 11 nitrogen and oxygen atoms in total. The van der Waals surface area contributed by atoms with Crippen molar-refractivity contribution in [2.24, 2.45) is 5.10 Å². The molecular formula is C21H28N8O3. The fourth-order valence-corrected chi connectivity index (χ4v) is 3.41. The molecule has 0 saturated carbocycles. The van der Waals surface area contributed by atoms with Gasteiger partial charge >= 0.3 is 0 Å². The zero-order chi connectivity index (χ0) is 22.3. The van der Waals surface area contributed by atoms with E-state index in [1.54, 1.807) is 0 Å². The first-order chi connectivity index (χ1) is 15.6.